The first kappa shape index (κ1) is 15.5. The standard InChI is InChI=1S/C11H14BrF2NO2S/c1-7(4-15)5-18(16,17)6-8-10(13)3-2-9(12)11(8)14/h2-3,7H,4-6,15H2,1H3. The molecule has 0 saturated heterocycles. The van der Waals surface area contributed by atoms with Gasteiger partial charge in [-0.05, 0) is 40.5 Å². The Morgan fingerprint density at radius 3 is 2.56 bits per heavy atom. The Kier molecular flexibility index (Phi) is 5.24. The van der Waals surface area contributed by atoms with Crippen molar-refractivity contribution in [1.82, 2.24) is 0 Å². The van der Waals surface area contributed by atoms with Gasteiger partial charge in [-0.1, -0.05) is 6.92 Å². The molecule has 0 saturated carbocycles. The second-order valence-corrected chi connectivity index (χ2v) is 7.18. The Balaban J connectivity index is 3.01. The molecule has 102 valence electrons. The van der Waals surface area contributed by atoms with Crippen molar-refractivity contribution < 1.29 is 17.2 Å². The van der Waals surface area contributed by atoms with Gasteiger partial charge in [-0.2, -0.15) is 0 Å². The maximum atomic E-state index is 13.6. The summed E-state index contributed by atoms with van der Waals surface area (Å²) >= 11 is 2.90. The number of nitrogens with two attached hydrogens (primary N) is 1. The zero-order chi connectivity index (χ0) is 13.9. The van der Waals surface area contributed by atoms with E-state index in [1.807, 2.05) is 0 Å². The molecular weight excluding hydrogens is 328 g/mol. The van der Waals surface area contributed by atoms with E-state index in [-0.39, 0.29) is 22.7 Å². The van der Waals surface area contributed by atoms with Crippen molar-refractivity contribution in [2.45, 2.75) is 12.7 Å². The summed E-state index contributed by atoms with van der Waals surface area (Å²) in [5, 5.41) is 0. The SMILES string of the molecule is CC(CN)CS(=O)(=O)Cc1c(F)ccc(Br)c1F. The Labute approximate surface area is 113 Å². The van der Waals surface area contributed by atoms with Gasteiger partial charge >= 0.3 is 0 Å². The van der Waals surface area contributed by atoms with Gasteiger partial charge in [-0.3, -0.25) is 0 Å². The van der Waals surface area contributed by atoms with Crippen LogP contribution in [0.4, 0.5) is 8.78 Å². The normalized spacial score (nSPS) is 13.6. The summed E-state index contributed by atoms with van der Waals surface area (Å²) in [5.41, 5.74) is 4.90. The van der Waals surface area contributed by atoms with E-state index < -0.39 is 32.8 Å². The lowest BCUT2D eigenvalue weighted by Gasteiger charge is -2.11. The van der Waals surface area contributed by atoms with Crippen LogP contribution >= 0.6 is 15.9 Å². The molecule has 2 N–H and O–H groups in total. The molecular formula is C11H14BrF2NO2S. The van der Waals surface area contributed by atoms with Crippen molar-refractivity contribution in [1.29, 1.82) is 0 Å². The predicted octanol–water partition coefficient (Wildman–Crippen LogP) is 2.24. The van der Waals surface area contributed by atoms with Crippen molar-refractivity contribution in [3.8, 4) is 0 Å². The largest absolute Gasteiger partial charge is 0.330 e. The predicted molar refractivity (Wildman–Crippen MR) is 69.8 cm³/mol. The lowest BCUT2D eigenvalue weighted by molar-refractivity contribution is 0.547. The van der Waals surface area contributed by atoms with Gasteiger partial charge in [0, 0.05) is 5.56 Å². The summed E-state index contributed by atoms with van der Waals surface area (Å²) < 4.78 is 50.7. The molecule has 1 atom stereocenters. The number of halogens is 3. The molecule has 1 aromatic rings. The molecule has 1 unspecified atom stereocenters. The Hall–Kier alpha value is -0.530. The molecule has 0 aromatic heterocycles. The third-order valence-electron chi connectivity index (χ3n) is 2.44. The molecule has 0 fully saturated rings. The highest BCUT2D eigenvalue weighted by Gasteiger charge is 2.21. The van der Waals surface area contributed by atoms with Gasteiger partial charge in [0.2, 0.25) is 0 Å². The summed E-state index contributed by atoms with van der Waals surface area (Å²) in [7, 11) is -3.59. The van der Waals surface area contributed by atoms with Crippen molar-refractivity contribution in [2.75, 3.05) is 12.3 Å². The van der Waals surface area contributed by atoms with Gasteiger partial charge in [0.05, 0.1) is 16.0 Å². The molecule has 3 nitrogen and oxygen atoms in total. The number of hydrogen-bond acceptors (Lipinski definition) is 3. The minimum absolute atomic E-state index is 0.0426. The van der Waals surface area contributed by atoms with Crippen LogP contribution in [0, 0.1) is 17.6 Å². The molecule has 0 aliphatic rings. The van der Waals surface area contributed by atoms with Crippen LogP contribution in [0.25, 0.3) is 0 Å². The van der Waals surface area contributed by atoms with E-state index in [9.17, 15) is 17.2 Å². The highest BCUT2D eigenvalue weighted by molar-refractivity contribution is 9.10. The van der Waals surface area contributed by atoms with Gasteiger partial charge in [0.15, 0.2) is 9.84 Å². The van der Waals surface area contributed by atoms with Crippen LogP contribution in [0.15, 0.2) is 16.6 Å². The quantitative estimate of drug-likeness (QED) is 0.835. The summed E-state index contributed by atoms with van der Waals surface area (Å²) in [5.74, 6) is -2.82. The number of rotatable bonds is 5. The smallest absolute Gasteiger partial charge is 0.154 e. The molecule has 1 rings (SSSR count). The molecule has 0 amide bonds. The van der Waals surface area contributed by atoms with Gasteiger partial charge in [0.1, 0.15) is 11.6 Å². The van der Waals surface area contributed by atoms with Crippen LogP contribution in [0.2, 0.25) is 0 Å². The molecule has 0 bridgehead atoms. The fraction of sp³-hybridized carbons (Fsp3) is 0.455. The van der Waals surface area contributed by atoms with Crippen LogP contribution < -0.4 is 5.73 Å². The summed E-state index contributed by atoms with van der Waals surface area (Å²) in [4.78, 5) is 0. The van der Waals surface area contributed by atoms with Crippen molar-refractivity contribution >= 4 is 25.8 Å². The Morgan fingerprint density at radius 1 is 1.39 bits per heavy atom. The monoisotopic (exact) mass is 341 g/mol. The average Bonchev–Trinajstić information content (AvgIpc) is 2.29. The highest BCUT2D eigenvalue weighted by atomic mass is 79.9. The lowest BCUT2D eigenvalue weighted by Crippen LogP contribution is -2.22. The fourth-order valence-electron chi connectivity index (χ4n) is 1.48. The molecule has 0 radical (unpaired) electrons. The maximum absolute atomic E-state index is 13.6. The molecule has 1 aromatic carbocycles. The van der Waals surface area contributed by atoms with Gasteiger partial charge in [-0.25, -0.2) is 17.2 Å². The van der Waals surface area contributed by atoms with E-state index in [2.05, 4.69) is 15.9 Å². The number of hydrogen-bond donors (Lipinski definition) is 1. The molecule has 0 aliphatic heterocycles. The fourth-order valence-corrected chi connectivity index (χ4v) is 3.68. The van der Waals surface area contributed by atoms with Crippen LogP contribution in [-0.2, 0) is 15.6 Å². The molecule has 0 aliphatic carbocycles. The number of benzene rings is 1. The summed E-state index contributed by atoms with van der Waals surface area (Å²) in [6.45, 7) is 1.88. The second kappa shape index (κ2) is 6.08. The minimum atomic E-state index is -3.59. The highest BCUT2D eigenvalue weighted by Crippen LogP contribution is 2.23. The Bertz CT molecular complexity index is 534. The van der Waals surface area contributed by atoms with E-state index in [0.29, 0.717) is 0 Å². The molecule has 18 heavy (non-hydrogen) atoms. The van der Waals surface area contributed by atoms with Gasteiger partial charge < -0.3 is 5.73 Å². The average molecular weight is 342 g/mol. The molecule has 7 heteroatoms. The third kappa shape index (κ3) is 4.00. The maximum Gasteiger partial charge on any atom is 0.154 e. The van der Waals surface area contributed by atoms with Crippen molar-refractivity contribution in [3.63, 3.8) is 0 Å². The van der Waals surface area contributed by atoms with Crippen molar-refractivity contribution in [2.24, 2.45) is 11.7 Å². The first-order chi connectivity index (χ1) is 8.26. The Morgan fingerprint density at radius 2 is 2.00 bits per heavy atom. The van der Waals surface area contributed by atoms with E-state index >= 15 is 0 Å². The molecule has 0 spiro atoms. The van der Waals surface area contributed by atoms with Crippen LogP contribution in [0.1, 0.15) is 12.5 Å². The topological polar surface area (TPSA) is 60.2 Å². The first-order valence-corrected chi connectivity index (χ1v) is 7.91. The van der Waals surface area contributed by atoms with E-state index in [1.165, 1.54) is 6.07 Å². The zero-order valence-corrected chi connectivity index (χ0v) is 12.2. The van der Waals surface area contributed by atoms with E-state index in [4.69, 9.17) is 5.73 Å². The first-order valence-electron chi connectivity index (χ1n) is 5.29. The second-order valence-electron chi connectivity index (χ2n) is 4.22. The summed E-state index contributed by atoms with van der Waals surface area (Å²) in [6, 6.07) is 2.23. The number of sulfone groups is 1. The van der Waals surface area contributed by atoms with E-state index in [1.54, 1.807) is 6.92 Å². The summed E-state index contributed by atoms with van der Waals surface area (Å²) in [6.07, 6.45) is 0. The van der Waals surface area contributed by atoms with Gasteiger partial charge in [-0.15, -0.1) is 0 Å². The van der Waals surface area contributed by atoms with Crippen LogP contribution in [0.3, 0.4) is 0 Å². The van der Waals surface area contributed by atoms with Gasteiger partial charge in [0.25, 0.3) is 0 Å². The zero-order valence-electron chi connectivity index (χ0n) is 9.79. The van der Waals surface area contributed by atoms with Crippen molar-refractivity contribution in [3.05, 3.63) is 33.8 Å². The third-order valence-corrected chi connectivity index (χ3v) is 4.86. The van der Waals surface area contributed by atoms with Crippen LogP contribution in [-0.4, -0.2) is 20.7 Å². The lowest BCUT2D eigenvalue weighted by atomic mass is 10.2. The van der Waals surface area contributed by atoms with Crippen LogP contribution in [0.5, 0.6) is 0 Å². The van der Waals surface area contributed by atoms with E-state index in [0.717, 1.165) is 6.07 Å². The minimum Gasteiger partial charge on any atom is -0.330 e. The molecule has 0 heterocycles.